The molecular formula is C21H21ClN2O. The van der Waals surface area contributed by atoms with E-state index in [4.69, 9.17) is 11.6 Å². The molecule has 0 aliphatic heterocycles. The largest absolute Gasteiger partial charge is 0.346 e. The summed E-state index contributed by atoms with van der Waals surface area (Å²) in [5.74, 6) is -0.0226. The Hall–Kier alpha value is -2.52. The van der Waals surface area contributed by atoms with E-state index in [1.165, 1.54) is 5.56 Å². The summed E-state index contributed by atoms with van der Waals surface area (Å²) in [6, 6.07) is 17.7. The molecule has 3 nitrogen and oxygen atoms in total. The second kappa shape index (κ2) is 7.58. The highest BCUT2D eigenvalue weighted by atomic mass is 35.5. The van der Waals surface area contributed by atoms with Crippen molar-refractivity contribution >= 4 is 23.2 Å². The van der Waals surface area contributed by atoms with Gasteiger partial charge in [0.25, 0.3) is 0 Å². The number of aryl methyl sites for hydroxylation is 2. The van der Waals surface area contributed by atoms with Crippen LogP contribution in [0.3, 0.4) is 0 Å². The van der Waals surface area contributed by atoms with E-state index in [0.29, 0.717) is 11.4 Å². The molecule has 4 heteroatoms. The Morgan fingerprint density at radius 3 is 2.52 bits per heavy atom. The number of carbonyl (C=O) groups excluding carboxylic acids is 1. The second-order valence-electron chi connectivity index (χ2n) is 6.27. The highest BCUT2D eigenvalue weighted by molar-refractivity contribution is 6.30. The number of aromatic nitrogens is 1. The number of carbonyl (C=O) groups is 1. The lowest BCUT2D eigenvalue weighted by Crippen LogP contribution is -2.20. The monoisotopic (exact) mass is 352 g/mol. The third-order valence-corrected chi connectivity index (χ3v) is 4.49. The van der Waals surface area contributed by atoms with E-state index in [2.05, 4.69) is 35.0 Å². The Bertz CT molecular complexity index is 871. The molecule has 0 fully saturated rings. The predicted octanol–water partition coefficient (Wildman–Crippen LogP) is 5.38. The first-order chi connectivity index (χ1) is 12.0. The zero-order chi connectivity index (χ0) is 17.8. The highest BCUT2D eigenvalue weighted by Crippen LogP contribution is 2.25. The normalized spacial score (nSPS) is 12.0. The number of hydrogen-bond acceptors (Lipinski definition) is 1. The first-order valence-electron chi connectivity index (χ1n) is 8.28. The zero-order valence-corrected chi connectivity index (χ0v) is 15.1. The van der Waals surface area contributed by atoms with Crippen molar-refractivity contribution < 1.29 is 4.79 Å². The Balaban J connectivity index is 1.82. The summed E-state index contributed by atoms with van der Waals surface area (Å²) in [7, 11) is 0. The Morgan fingerprint density at radius 1 is 1.08 bits per heavy atom. The fourth-order valence-electron chi connectivity index (χ4n) is 2.97. The van der Waals surface area contributed by atoms with Crippen LogP contribution in [0.4, 0.5) is 5.69 Å². The minimum absolute atomic E-state index is 0.0226. The molecule has 0 saturated carbocycles. The maximum Gasteiger partial charge on any atom is 0.226 e. The fraction of sp³-hybridized carbons (Fsp3) is 0.190. The molecule has 0 aliphatic carbocycles. The van der Waals surface area contributed by atoms with Crippen LogP contribution in [0.25, 0.3) is 0 Å². The summed E-state index contributed by atoms with van der Waals surface area (Å²) in [5.41, 5.74) is 4.06. The van der Waals surface area contributed by atoms with Gasteiger partial charge in [-0.1, -0.05) is 41.4 Å². The van der Waals surface area contributed by atoms with E-state index in [1.807, 2.05) is 49.6 Å². The van der Waals surface area contributed by atoms with E-state index in [1.54, 1.807) is 6.07 Å². The summed E-state index contributed by atoms with van der Waals surface area (Å²) in [6.45, 7) is 4.00. The molecule has 0 aliphatic rings. The van der Waals surface area contributed by atoms with Crippen molar-refractivity contribution in [1.82, 2.24) is 4.57 Å². The minimum Gasteiger partial charge on any atom is -0.346 e. The molecule has 25 heavy (non-hydrogen) atoms. The SMILES string of the molecule is Cc1cccc([C@@H](CC(=O)Nc2ccc(Cl)cc2C)n2cccc2)c1. The van der Waals surface area contributed by atoms with Crippen LogP contribution in [0.5, 0.6) is 0 Å². The quantitative estimate of drug-likeness (QED) is 0.657. The van der Waals surface area contributed by atoms with Crippen molar-refractivity contribution in [2.45, 2.75) is 26.3 Å². The van der Waals surface area contributed by atoms with Crippen molar-refractivity contribution in [2.75, 3.05) is 5.32 Å². The second-order valence-corrected chi connectivity index (χ2v) is 6.71. The van der Waals surface area contributed by atoms with Gasteiger partial charge in [-0.15, -0.1) is 0 Å². The van der Waals surface area contributed by atoms with E-state index in [0.717, 1.165) is 16.8 Å². The average Bonchev–Trinajstić information content (AvgIpc) is 3.09. The van der Waals surface area contributed by atoms with E-state index >= 15 is 0 Å². The highest BCUT2D eigenvalue weighted by Gasteiger charge is 2.18. The van der Waals surface area contributed by atoms with Crippen LogP contribution in [-0.4, -0.2) is 10.5 Å². The first kappa shape index (κ1) is 17.3. The molecule has 1 heterocycles. The van der Waals surface area contributed by atoms with Crippen molar-refractivity contribution in [2.24, 2.45) is 0 Å². The van der Waals surface area contributed by atoms with Crippen molar-refractivity contribution in [3.63, 3.8) is 0 Å². The summed E-state index contributed by atoms with van der Waals surface area (Å²) >= 11 is 5.98. The van der Waals surface area contributed by atoms with Gasteiger partial charge in [0.15, 0.2) is 0 Å². The van der Waals surface area contributed by atoms with Crippen LogP contribution in [0.15, 0.2) is 67.0 Å². The zero-order valence-electron chi connectivity index (χ0n) is 14.4. The molecule has 1 atom stereocenters. The lowest BCUT2D eigenvalue weighted by atomic mass is 10.0. The Kier molecular flexibility index (Phi) is 5.25. The summed E-state index contributed by atoms with van der Waals surface area (Å²) < 4.78 is 2.07. The number of nitrogens with one attached hydrogen (secondary N) is 1. The maximum absolute atomic E-state index is 12.7. The molecule has 0 saturated heterocycles. The number of nitrogens with zero attached hydrogens (tertiary/aromatic N) is 1. The van der Waals surface area contributed by atoms with E-state index < -0.39 is 0 Å². The average molecular weight is 353 g/mol. The molecule has 0 bridgehead atoms. The number of rotatable bonds is 5. The lowest BCUT2D eigenvalue weighted by molar-refractivity contribution is -0.116. The van der Waals surface area contributed by atoms with Crippen molar-refractivity contribution in [3.8, 4) is 0 Å². The van der Waals surface area contributed by atoms with E-state index in [9.17, 15) is 4.79 Å². The molecule has 0 unspecified atom stereocenters. The molecule has 1 amide bonds. The summed E-state index contributed by atoms with van der Waals surface area (Å²) in [6.07, 6.45) is 4.35. The Labute approximate surface area is 153 Å². The van der Waals surface area contributed by atoms with Gasteiger partial charge in [0, 0.05) is 23.1 Å². The minimum atomic E-state index is -0.0393. The Morgan fingerprint density at radius 2 is 1.84 bits per heavy atom. The molecule has 2 aromatic carbocycles. The number of benzene rings is 2. The molecule has 1 aromatic heterocycles. The van der Waals surface area contributed by atoms with Gasteiger partial charge in [-0.25, -0.2) is 0 Å². The van der Waals surface area contributed by atoms with Crippen LogP contribution >= 0.6 is 11.6 Å². The standard InChI is InChI=1S/C21H21ClN2O/c1-15-6-5-7-17(12-15)20(24-10-3-4-11-24)14-21(25)23-19-9-8-18(22)13-16(19)2/h3-13,20H,14H2,1-2H3,(H,23,25)/t20-/m1/s1. The van der Waals surface area contributed by atoms with Gasteiger partial charge in [-0.3, -0.25) is 4.79 Å². The van der Waals surface area contributed by atoms with Crippen molar-refractivity contribution in [3.05, 3.63) is 88.7 Å². The topological polar surface area (TPSA) is 34.0 Å². The molecule has 3 aromatic rings. The van der Waals surface area contributed by atoms with Crippen LogP contribution in [-0.2, 0) is 4.79 Å². The smallest absolute Gasteiger partial charge is 0.226 e. The third-order valence-electron chi connectivity index (χ3n) is 4.26. The van der Waals surface area contributed by atoms with Crippen LogP contribution in [0.2, 0.25) is 5.02 Å². The predicted molar refractivity (Wildman–Crippen MR) is 103 cm³/mol. The number of anilines is 1. The number of hydrogen-bond donors (Lipinski definition) is 1. The fourth-order valence-corrected chi connectivity index (χ4v) is 3.20. The number of amides is 1. The summed E-state index contributed by atoms with van der Waals surface area (Å²) in [4.78, 5) is 12.7. The molecule has 128 valence electrons. The van der Waals surface area contributed by atoms with Gasteiger partial charge in [0.1, 0.15) is 0 Å². The number of halogens is 1. The van der Waals surface area contributed by atoms with Gasteiger partial charge >= 0.3 is 0 Å². The van der Waals surface area contributed by atoms with E-state index in [-0.39, 0.29) is 11.9 Å². The maximum atomic E-state index is 12.7. The molecule has 0 radical (unpaired) electrons. The molecular weight excluding hydrogens is 332 g/mol. The van der Waals surface area contributed by atoms with Gasteiger partial charge in [-0.2, -0.15) is 0 Å². The third kappa shape index (κ3) is 4.31. The van der Waals surface area contributed by atoms with Crippen LogP contribution < -0.4 is 5.32 Å². The van der Waals surface area contributed by atoms with Crippen molar-refractivity contribution in [1.29, 1.82) is 0 Å². The lowest BCUT2D eigenvalue weighted by Gasteiger charge is -2.20. The summed E-state index contributed by atoms with van der Waals surface area (Å²) in [5, 5.41) is 3.67. The van der Waals surface area contributed by atoms with Gasteiger partial charge in [0.2, 0.25) is 5.91 Å². The van der Waals surface area contributed by atoms with Crippen LogP contribution in [0.1, 0.15) is 29.2 Å². The molecule has 3 rings (SSSR count). The van der Waals surface area contributed by atoms with Gasteiger partial charge < -0.3 is 9.88 Å². The first-order valence-corrected chi connectivity index (χ1v) is 8.66. The van der Waals surface area contributed by atoms with Crippen LogP contribution in [0, 0.1) is 13.8 Å². The molecule has 0 spiro atoms. The van der Waals surface area contributed by atoms with Gasteiger partial charge in [-0.05, 0) is 55.3 Å². The van der Waals surface area contributed by atoms with Gasteiger partial charge in [0.05, 0.1) is 12.5 Å². The molecule has 1 N–H and O–H groups in total.